The Hall–Kier alpha value is -3.98. The van der Waals surface area contributed by atoms with E-state index in [0.717, 1.165) is 52.2 Å². The van der Waals surface area contributed by atoms with Gasteiger partial charge in [-0.2, -0.15) is 0 Å². The smallest absolute Gasteiger partial charge is 0.478 e. The molecule has 0 radical (unpaired) electrons. The first kappa shape index (κ1) is 43.5. The normalized spacial score (nSPS) is 10.9. The number of methoxy groups -OCH3 is 4. The highest BCUT2D eigenvalue weighted by Crippen LogP contribution is 2.17. The quantitative estimate of drug-likeness (QED) is 0.105. The number of carbonyl (C=O) groups excluding carboxylic acids is 7. The second-order valence-corrected chi connectivity index (χ2v) is 19.1. The number of esters is 4. The second-order valence-electron chi connectivity index (χ2n) is 6.67. The fourth-order valence-corrected chi connectivity index (χ4v) is 2.96. The van der Waals surface area contributed by atoms with Gasteiger partial charge in [0.2, 0.25) is 0 Å². The highest BCUT2D eigenvalue weighted by Gasteiger charge is 2.47. The molecule has 0 bridgehead atoms. The molecule has 0 saturated heterocycles. The molecule has 240 valence electrons. The molecule has 0 aromatic heterocycles. The molecule has 43 heavy (non-hydrogen) atoms. The molecule has 21 heteroatoms. The van der Waals surface area contributed by atoms with E-state index in [1.807, 2.05) is 0 Å². The van der Waals surface area contributed by atoms with Gasteiger partial charge in [0, 0.05) is 55.2 Å². The first-order valence-electron chi connectivity index (χ1n) is 10.7. The van der Waals surface area contributed by atoms with E-state index in [-0.39, 0.29) is 0 Å². The Bertz CT molecular complexity index is 1020. The number of carbonyl (C=O) groups is 8. The zero-order valence-corrected chi connectivity index (χ0v) is 27.6. The largest absolute Gasteiger partial charge is 0.702 e. The van der Waals surface area contributed by atoms with Crippen molar-refractivity contribution in [1.82, 2.24) is 0 Å². The van der Waals surface area contributed by atoms with E-state index in [1.54, 1.807) is 6.55 Å². The first-order valence-corrected chi connectivity index (χ1v) is 18.5. The summed E-state index contributed by atoms with van der Waals surface area (Å²) in [6.45, 7) is 2.63. The van der Waals surface area contributed by atoms with Gasteiger partial charge in [0.15, 0.2) is 0 Å². The average Bonchev–Trinajstić information content (AvgIpc) is 2.90. The number of hydrogen-bond acceptors (Lipinski definition) is 15. The SMILES string of the molecule is COC(=O)/C=C/C(=O)O.COC(=O)/C=C/C(=O)O[Si](C)(OC(=O)/C=C/C(=O)OC)OC(=O)/C=C/C(=O)OC.C[Si](Cl)(Cl)Cl. The molecule has 0 amide bonds. The molecule has 0 aliphatic carbocycles. The van der Waals surface area contributed by atoms with Gasteiger partial charge >= 0.3 is 62.6 Å². The van der Waals surface area contributed by atoms with Gasteiger partial charge in [-0.15, -0.1) is 33.2 Å². The number of rotatable bonds is 11. The summed E-state index contributed by atoms with van der Waals surface area (Å²) in [6, 6.07) is -2.19. The van der Waals surface area contributed by atoms with Crippen molar-refractivity contribution >= 4 is 95.8 Å². The Morgan fingerprint density at radius 1 is 0.465 bits per heavy atom. The molecule has 0 fully saturated rings. The van der Waals surface area contributed by atoms with E-state index in [2.05, 4.69) is 18.9 Å². The molecular weight excluding hydrogens is 683 g/mol. The first-order chi connectivity index (χ1) is 19.7. The molecule has 0 heterocycles. The van der Waals surface area contributed by atoms with Gasteiger partial charge in [0.25, 0.3) is 0 Å². The van der Waals surface area contributed by atoms with Crippen LogP contribution < -0.4 is 0 Å². The summed E-state index contributed by atoms with van der Waals surface area (Å²) in [5.74, 6) is -8.04. The van der Waals surface area contributed by atoms with Crippen molar-refractivity contribution in [1.29, 1.82) is 0 Å². The lowest BCUT2D eigenvalue weighted by Crippen LogP contribution is -2.46. The average molecular weight is 710 g/mol. The van der Waals surface area contributed by atoms with Crippen molar-refractivity contribution in [3.8, 4) is 0 Å². The Kier molecular flexibility index (Phi) is 23.8. The van der Waals surface area contributed by atoms with Gasteiger partial charge in [0.05, 0.1) is 28.4 Å². The van der Waals surface area contributed by atoms with Crippen molar-refractivity contribution < 1.29 is 75.7 Å². The van der Waals surface area contributed by atoms with Crippen LogP contribution in [-0.4, -0.2) is 96.1 Å². The predicted octanol–water partition coefficient (Wildman–Crippen LogP) is 1.44. The van der Waals surface area contributed by atoms with Crippen LogP contribution in [0, 0.1) is 0 Å². The van der Waals surface area contributed by atoms with E-state index in [4.69, 9.17) is 51.6 Å². The highest BCUT2D eigenvalue weighted by atomic mass is 35.8. The molecule has 0 atom stereocenters. The third kappa shape index (κ3) is 32.4. The van der Waals surface area contributed by atoms with Gasteiger partial charge in [-0.1, -0.05) is 0 Å². The van der Waals surface area contributed by atoms with Crippen molar-refractivity contribution in [3.63, 3.8) is 0 Å². The molecule has 0 aromatic carbocycles. The van der Waals surface area contributed by atoms with Crippen LogP contribution in [0.25, 0.3) is 0 Å². The molecule has 0 saturated carbocycles. The van der Waals surface area contributed by atoms with Crippen LogP contribution in [0.1, 0.15) is 0 Å². The van der Waals surface area contributed by atoms with Crippen molar-refractivity contribution in [2.24, 2.45) is 0 Å². The third-order valence-electron chi connectivity index (χ3n) is 3.09. The maximum absolute atomic E-state index is 11.8. The Balaban J connectivity index is -0.000000936. The number of halogens is 3. The molecule has 0 aromatic rings. The third-order valence-corrected chi connectivity index (χ3v) is 4.81. The lowest BCUT2D eigenvalue weighted by atomic mass is 10.5. The maximum Gasteiger partial charge on any atom is 0.702 e. The molecule has 0 aliphatic rings. The van der Waals surface area contributed by atoms with Crippen LogP contribution in [-0.2, 0) is 70.6 Å². The van der Waals surface area contributed by atoms with E-state index in [1.165, 1.54) is 7.11 Å². The lowest BCUT2D eigenvalue weighted by Gasteiger charge is -2.22. The van der Waals surface area contributed by atoms with Crippen molar-refractivity contribution in [2.45, 2.75) is 13.1 Å². The summed E-state index contributed by atoms with van der Waals surface area (Å²) in [5, 5.41) is 7.96. The predicted molar refractivity (Wildman–Crippen MR) is 151 cm³/mol. The standard InChI is InChI=1S/C16H18O12Si.C5H6O4.CH3Cl3Si/c1-23-11(17)5-8-14(20)26-29(4,27-15(21)9-6-12(18)24-2)28-16(22)10-7-13(19)25-3;1-9-5(8)3-2-4(6)7;1-5(2,3)4/h5-10H,1-4H3;2-3H,1H3,(H,6,7);1H3/b8-5+,9-6+,10-7+;3-2+;. The summed E-state index contributed by atoms with van der Waals surface area (Å²) in [5.41, 5.74) is 0. The molecule has 0 rings (SSSR count). The molecule has 16 nitrogen and oxygen atoms in total. The van der Waals surface area contributed by atoms with Crippen LogP contribution in [0.5, 0.6) is 0 Å². The fraction of sp³-hybridized carbons (Fsp3) is 0.273. The number of aliphatic carboxylic acids is 1. The molecule has 0 unspecified atom stereocenters. The monoisotopic (exact) mass is 708 g/mol. The van der Waals surface area contributed by atoms with Gasteiger partial charge in [0.1, 0.15) is 0 Å². The fourth-order valence-electron chi connectivity index (χ4n) is 1.53. The second kappa shape index (κ2) is 23.6. The molecule has 0 aliphatic heterocycles. The minimum Gasteiger partial charge on any atom is -0.478 e. The lowest BCUT2D eigenvalue weighted by molar-refractivity contribution is -0.145. The summed E-state index contributed by atoms with van der Waals surface area (Å²) >= 11 is 15.6. The summed E-state index contributed by atoms with van der Waals surface area (Å²) < 4.78 is 31.6. The van der Waals surface area contributed by atoms with Crippen LogP contribution in [0.4, 0.5) is 0 Å². The number of hydrogen-bond donors (Lipinski definition) is 1. The molecule has 1 N–H and O–H groups in total. The summed E-state index contributed by atoms with van der Waals surface area (Å²) in [7, 11) is 0.0446. The topological polar surface area (TPSA) is 221 Å². The summed E-state index contributed by atoms with van der Waals surface area (Å²) in [6.07, 6.45) is 5.64. The van der Waals surface area contributed by atoms with E-state index >= 15 is 0 Å². The Labute approximate surface area is 261 Å². The van der Waals surface area contributed by atoms with E-state index in [9.17, 15) is 38.4 Å². The van der Waals surface area contributed by atoms with E-state index in [0.29, 0.717) is 24.3 Å². The molecule has 0 spiro atoms. The Morgan fingerprint density at radius 2 is 0.651 bits per heavy atom. The zero-order chi connectivity index (χ0) is 34.2. The van der Waals surface area contributed by atoms with Gasteiger partial charge in [-0.25, -0.2) is 38.4 Å². The Morgan fingerprint density at radius 3 is 0.837 bits per heavy atom. The minimum absolute atomic E-state index is 0.646. The number of ether oxygens (including phenoxy) is 4. The van der Waals surface area contributed by atoms with Crippen molar-refractivity contribution in [3.05, 3.63) is 48.6 Å². The van der Waals surface area contributed by atoms with Gasteiger partial charge < -0.3 is 37.3 Å². The zero-order valence-electron chi connectivity index (χ0n) is 23.3. The van der Waals surface area contributed by atoms with Gasteiger partial charge in [-0.05, 0) is 6.55 Å². The molecular formula is C22H27Cl3O16Si2. The number of carboxylic acids is 1. The van der Waals surface area contributed by atoms with Crippen LogP contribution in [0.2, 0.25) is 13.1 Å². The maximum atomic E-state index is 11.8. The van der Waals surface area contributed by atoms with Crippen LogP contribution in [0.3, 0.4) is 0 Å². The minimum atomic E-state index is -4.34. The van der Waals surface area contributed by atoms with Crippen LogP contribution in [0.15, 0.2) is 48.6 Å². The summed E-state index contributed by atoms with van der Waals surface area (Å²) in [4.78, 5) is 88.4. The highest BCUT2D eigenvalue weighted by molar-refractivity contribution is 7.64. The van der Waals surface area contributed by atoms with Crippen molar-refractivity contribution in [2.75, 3.05) is 28.4 Å². The number of carboxylic acid groups (broad SMARTS) is 1. The van der Waals surface area contributed by atoms with Crippen LogP contribution >= 0.6 is 33.2 Å². The van der Waals surface area contributed by atoms with E-state index < -0.39 is 62.6 Å². The van der Waals surface area contributed by atoms with Gasteiger partial charge in [-0.3, -0.25) is 0 Å².